The zero-order chi connectivity index (χ0) is 12.0. The monoisotopic (exact) mass is 219 g/mol. The molecule has 4 N–H and O–H groups in total. The van der Waals surface area contributed by atoms with Crippen LogP contribution in [0.1, 0.15) is 6.92 Å². The number of nitrogens with two attached hydrogens (primary N) is 2. The normalized spacial score (nSPS) is 10.1. The molecule has 0 bridgehead atoms. The summed E-state index contributed by atoms with van der Waals surface area (Å²) < 4.78 is 0. The third-order valence-corrected chi connectivity index (χ3v) is 1.71. The van der Waals surface area contributed by atoms with Crippen molar-refractivity contribution in [1.29, 1.82) is 0 Å². The van der Waals surface area contributed by atoms with Crippen molar-refractivity contribution in [1.82, 2.24) is 0 Å². The Hall–Kier alpha value is -2.37. The van der Waals surface area contributed by atoms with Gasteiger partial charge in [-0.15, -0.1) is 10.2 Å². The summed E-state index contributed by atoms with van der Waals surface area (Å²) in [7, 11) is 0. The van der Waals surface area contributed by atoms with E-state index in [2.05, 4.69) is 10.2 Å². The Kier molecular flexibility index (Phi) is 4.02. The van der Waals surface area contributed by atoms with Gasteiger partial charge in [0.25, 0.3) is 0 Å². The molecule has 1 amide bonds. The second-order valence-corrected chi connectivity index (χ2v) is 2.98. The Labute approximate surface area is 93.3 Å². The summed E-state index contributed by atoms with van der Waals surface area (Å²) in [5, 5.41) is 7.01. The molecular weight excluding hydrogens is 206 g/mol. The van der Waals surface area contributed by atoms with E-state index in [1.807, 2.05) is 18.2 Å². The van der Waals surface area contributed by atoms with Gasteiger partial charge < -0.3 is 11.5 Å². The first-order valence-electron chi connectivity index (χ1n) is 4.58. The van der Waals surface area contributed by atoms with E-state index in [4.69, 9.17) is 11.5 Å². The summed E-state index contributed by atoms with van der Waals surface area (Å²) in [6.45, 7) is 1.43. The predicted octanol–water partition coefficient (Wildman–Crippen LogP) is 0.256. The quantitative estimate of drug-likeness (QED) is 0.433. The zero-order valence-corrected chi connectivity index (χ0v) is 8.87. The van der Waals surface area contributed by atoms with E-state index >= 15 is 0 Å². The lowest BCUT2D eigenvalue weighted by atomic mass is 10.3. The van der Waals surface area contributed by atoms with Crippen LogP contribution in [0, 0.1) is 0 Å². The molecular formula is C10H13N5O. The number of carbonyl (C=O) groups excluding carboxylic acids is 1. The highest BCUT2D eigenvalue weighted by atomic mass is 16.2. The van der Waals surface area contributed by atoms with E-state index in [0.717, 1.165) is 0 Å². The molecule has 0 saturated carbocycles. The van der Waals surface area contributed by atoms with Crippen molar-refractivity contribution in [2.45, 2.75) is 6.92 Å². The van der Waals surface area contributed by atoms with Crippen LogP contribution >= 0.6 is 0 Å². The molecule has 0 atom stereocenters. The van der Waals surface area contributed by atoms with Crippen LogP contribution in [0.25, 0.3) is 0 Å². The molecule has 0 radical (unpaired) electrons. The van der Waals surface area contributed by atoms with Gasteiger partial charge in [0.2, 0.25) is 11.9 Å². The number of rotatable bonds is 3. The molecule has 6 nitrogen and oxygen atoms in total. The van der Waals surface area contributed by atoms with Gasteiger partial charge in [-0.3, -0.25) is 9.69 Å². The number of carbonyl (C=O) groups is 1. The smallest absolute Gasteiger partial charge is 0.229 e. The fourth-order valence-electron chi connectivity index (χ4n) is 1.06. The predicted molar refractivity (Wildman–Crippen MR) is 63.9 cm³/mol. The second kappa shape index (κ2) is 5.50. The van der Waals surface area contributed by atoms with Crippen molar-refractivity contribution in [2.75, 3.05) is 4.90 Å². The Bertz CT molecular complexity index is 408. The van der Waals surface area contributed by atoms with Crippen molar-refractivity contribution in [3.63, 3.8) is 0 Å². The molecule has 0 saturated heterocycles. The topological polar surface area (TPSA) is 97.1 Å². The van der Waals surface area contributed by atoms with E-state index in [-0.39, 0.29) is 11.9 Å². The van der Waals surface area contributed by atoms with Crippen LogP contribution in [0.3, 0.4) is 0 Å². The maximum absolute atomic E-state index is 11.3. The average molecular weight is 219 g/mol. The van der Waals surface area contributed by atoms with Gasteiger partial charge in [-0.25, -0.2) is 0 Å². The third kappa shape index (κ3) is 3.41. The maximum atomic E-state index is 11.3. The molecule has 1 aromatic carbocycles. The minimum Gasteiger partial charge on any atom is -0.369 e. The van der Waals surface area contributed by atoms with Crippen molar-refractivity contribution in [3.05, 3.63) is 30.3 Å². The van der Waals surface area contributed by atoms with Crippen LogP contribution in [-0.2, 0) is 4.79 Å². The number of benzene rings is 1. The molecule has 0 unspecified atom stereocenters. The minimum atomic E-state index is -0.180. The van der Waals surface area contributed by atoms with Crippen molar-refractivity contribution >= 4 is 23.9 Å². The summed E-state index contributed by atoms with van der Waals surface area (Å²) in [5.41, 5.74) is 10.9. The Morgan fingerprint density at radius 2 is 1.94 bits per heavy atom. The first-order valence-corrected chi connectivity index (χ1v) is 4.58. The SMILES string of the molecule is CC(=O)N(C=NN=C(N)N)c1ccccc1. The van der Waals surface area contributed by atoms with Gasteiger partial charge in [0, 0.05) is 12.6 Å². The fourth-order valence-corrected chi connectivity index (χ4v) is 1.06. The molecule has 0 aliphatic carbocycles. The average Bonchev–Trinajstić information content (AvgIpc) is 2.25. The summed E-state index contributed by atoms with van der Waals surface area (Å²) >= 11 is 0. The first-order chi connectivity index (χ1) is 7.61. The lowest BCUT2D eigenvalue weighted by Crippen LogP contribution is -2.27. The van der Waals surface area contributed by atoms with Crippen LogP contribution in [-0.4, -0.2) is 18.2 Å². The van der Waals surface area contributed by atoms with Crippen molar-refractivity contribution < 1.29 is 4.79 Å². The van der Waals surface area contributed by atoms with Crippen LogP contribution in [0.5, 0.6) is 0 Å². The van der Waals surface area contributed by atoms with Gasteiger partial charge in [-0.2, -0.15) is 0 Å². The minimum absolute atomic E-state index is 0.159. The Morgan fingerprint density at radius 1 is 1.31 bits per heavy atom. The van der Waals surface area contributed by atoms with E-state index in [9.17, 15) is 4.79 Å². The standard InChI is InChI=1S/C10H13N5O/c1-8(16)15(7-13-14-10(11)12)9-5-3-2-4-6-9/h2-7H,1H3,(H4,11,12,14). The van der Waals surface area contributed by atoms with Gasteiger partial charge >= 0.3 is 0 Å². The number of hydrogen-bond donors (Lipinski definition) is 2. The van der Waals surface area contributed by atoms with Crippen LogP contribution in [0.4, 0.5) is 5.69 Å². The molecule has 84 valence electrons. The molecule has 1 rings (SSSR count). The van der Waals surface area contributed by atoms with Crippen molar-refractivity contribution in [2.24, 2.45) is 21.7 Å². The van der Waals surface area contributed by atoms with E-state index in [0.29, 0.717) is 5.69 Å². The molecule has 6 heteroatoms. The largest absolute Gasteiger partial charge is 0.369 e. The van der Waals surface area contributed by atoms with Gasteiger partial charge in [-0.05, 0) is 12.1 Å². The fraction of sp³-hybridized carbons (Fsp3) is 0.100. The summed E-state index contributed by atoms with van der Waals surface area (Å²) in [6.07, 6.45) is 1.26. The van der Waals surface area contributed by atoms with Crippen molar-refractivity contribution in [3.8, 4) is 0 Å². The number of nitrogens with zero attached hydrogens (tertiary/aromatic N) is 3. The summed E-state index contributed by atoms with van der Waals surface area (Å²) in [4.78, 5) is 12.7. The first kappa shape index (κ1) is 11.7. The molecule has 0 spiro atoms. The van der Waals surface area contributed by atoms with Gasteiger partial charge in [-0.1, -0.05) is 18.2 Å². The van der Waals surface area contributed by atoms with Crippen LogP contribution in [0.2, 0.25) is 0 Å². The highest BCUT2D eigenvalue weighted by Crippen LogP contribution is 2.11. The number of hydrogen-bond acceptors (Lipinski definition) is 3. The molecule has 16 heavy (non-hydrogen) atoms. The van der Waals surface area contributed by atoms with Gasteiger partial charge in [0.15, 0.2) is 0 Å². The highest BCUT2D eigenvalue weighted by molar-refractivity contribution is 6.07. The molecule has 0 aliphatic heterocycles. The number of para-hydroxylation sites is 1. The maximum Gasteiger partial charge on any atom is 0.229 e. The Morgan fingerprint density at radius 3 is 2.44 bits per heavy atom. The highest BCUT2D eigenvalue weighted by Gasteiger charge is 2.07. The lowest BCUT2D eigenvalue weighted by Gasteiger charge is -2.14. The van der Waals surface area contributed by atoms with Gasteiger partial charge in [0.05, 0.1) is 0 Å². The second-order valence-electron chi connectivity index (χ2n) is 2.98. The van der Waals surface area contributed by atoms with E-state index in [1.165, 1.54) is 18.2 Å². The Balaban J connectivity index is 2.89. The molecule has 0 heterocycles. The molecule has 0 fully saturated rings. The molecule has 1 aromatic rings. The van der Waals surface area contributed by atoms with Crippen LogP contribution < -0.4 is 16.4 Å². The third-order valence-electron chi connectivity index (χ3n) is 1.71. The number of guanidine groups is 1. The van der Waals surface area contributed by atoms with E-state index in [1.54, 1.807) is 12.1 Å². The summed E-state index contributed by atoms with van der Waals surface area (Å²) in [6, 6.07) is 9.06. The number of anilines is 1. The number of amides is 1. The van der Waals surface area contributed by atoms with Gasteiger partial charge in [0.1, 0.15) is 6.34 Å². The van der Waals surface area contributed by atoms with E-state index < -0.39 is 0 Å². The molecule has 0 aromatic heterocycles. The summed E-state index contributed by atoms with van der Waals surface area (Å²) in [5.74, 6) is -0.339. The lowest BCUT2D eigenvalue weighted by molar-refractivity contribution is -0.115. The molecule has 0 aliphatic rings. The zero-order valence-electron chi connectivity index (χ0n) is 8.87. The van der Waals surface area contributed by atoms with Crippen LogP contribution in [0.15, 0.2) is 40.5 Å².